The fourth-order valence-corrected chi connectivity index (χ4v) is 3.46. The van der Waals surface area contributed by atoms with Crippen molar-refractivity contribution >= 4 is 38.4 Å². The molecule has 158 valence electrons. The van der Waals surface area contributed by atoms with Gasteiger partial charge in [-0.15, -0.1) is 0 Å². The Labute approximate surface area is 185 Å². The Bertz CT molecular complexity index is 1340. The molecule has 0 aliphatic rings. The van der Waals surface area contributed by atoms with E-state index in [9.17, 15) is 17.8 Å². The van der Waals surface area contributed by atoms with E-state index in [1.165, 1.54) is 16.8 Å². The van der Waals surface area contributed by atoms with E-state index in [0.29, 0.717) is 16.3 Å². The quantitative estimate of drug-likeness (QED) is 0.220. The molecule has 6 nitrogen and oxygen atoms in total. The summed E-state index contributed by atoms with van der Waals surface area (Å²) in [6.45, 7) is 1.82. The number of pyridine rings is 1. The summed E-state index contributed by atoms with van der Waals surface area (Å²) in [7, 11) is -4.27. The largest absolute Gasteiger partial charge is 0.744 e. The summed E-state index contributed by atoms with van der Waals surface area (Å²) in [5.41, 5.74) is 2.74. The summed E-state index contributed by atoms with van der Waals surface area (Å²) >= 11 is 5.83. The molecule has 0 spiro atoms. The van der Waals surface area contributed by atoms with Gasteiger partial charge in [0.25, 0.3) is 11.5 Å². The SMILES string of the molecule is Cc1ccc(S(=O)(=O)[O-])cc1.N[n+]1c(C(=O)c2ccc(Cl)cc2)ccc2ccccc21. The molecule has 0 fully saturated rings. The summed E-state index contributed by atoms with van der Waals surface area (Å²) in [5, 5.41) is 1.59. The van der Waals surface area contributed by atoms with Gasteiger partial charge in [0.1, 0.15) is 10.1 Å². The van der Waals surface area contributed by atoms with Crippen molar-refractivity contribution in [1.29, 1.82) is 0 Å². The normalized spacial score (nSPS) is 10.9. The van der Waals surface area contributed by atoms with Crippen molar-refractivity contribution in [3.05, 3.63) is 107 Å². The molecular formula is C23H19ClN2O4S. The van der Waals surface area contributed by atoms with Gasteiger partial charge in [0.2, 0.25) is 5.52 Å². The van der Waals surface area contributed by atoms with E-state index in [2.05, 4.69) is 0 Å². The number of para-hydroxylation sites is 1. The van der Waals surface area contributed by atoms with Crippen molar-refractivity contribution in [1.82, 2.24) is 0 Å². The molecule has 0 saturated heterocycles. The van der Waals surface area contributed by atoms with Crippen LogP contribution in [0.15, 0.2) is 89.8 Å². The zero-order chi connectivity index (χ0) is 22.6. The van der Waals surface area contributed by atoms with Gasteiger partial charge in [-0.05, 0) is 55.5 Å². The highest BCUT2D eigenvalue weighted by Crippen LogP contribution is 2.15. The number of carbonyl (C=O) groups is 1. The third-order valence-corrected chi connectivity index (χ3v) is 5.63. The van der Waals surface area contributed by atoms with Gasteiger partial charge in [0.05, 0.1) is 4.90 Å². The zero-order valence-corrected chi connectivity index (χ0v) is 18.1. The fourth-order valence-electron chi connectivity index (χ4n) is 2.87. The maximum atomic E-state index is 12.5. The summed E-state index contributed by atoms with van der Waals surface area (Å²) in [6.07, 6.45) is 0. The van der Waals surface area contributed by atoms with E-state index in [1.807, 2.05) is 37.3 Å². The van der Waals surface area contributed by atoms with E-state index < -0.39 is 10.1 Å². The molecule has 0 bridgehead atoms. The highest BCUT2D eigenvalue weighted by atomic mass is 35.5. The predicted molar refractivity (Wildman–Crippen MR) is 118 cm³/mol. The van der Waals surface area contributed by atoms with Crippen molar-refractivity contribution in [2.24, 2.45) is 0 Å². The minimum absolute atomic E-state index is 0.130. The first-order valence-electron chi connectivity index (χ1n) is 9.18. The summed E-state index contributed by atoms with van der Waals surface area (Å²) in [6, 6.07) is 23.8. The van der Waals surface area contributed by atoms with Gasteiger partial charge in [-0.25, -0.2) is 14.3 Å². The lowest BCUT2D eigenvalue weighted by Gasteiger charge is -2.05. The Morgan fingerprint density at radius 1 is 0.903 bits per heavy atom. The van der Waals surface area contributed by atoms with E-state index in [4.69, 9.17) is 17.4 Å². The number of rotatable bonds is 3. The molecule has 4 rings (SSSR count). The van der Waals surface area contributed by atoms with E-state index in [0.717, 1.165) is 16.5 Å². The average molecular weight is 455 g/mol. The first-order chi connectivity index (χ1) is 14.7. The van der Waals surface area contributed by atoms with Crippen LogP contribution in [0.25, 0.3) is 10.9 Å². The number of carbonyl (C=O) groups excluding carboxylic acids is 1. The number of ketones is 1. The molecule has 4 aromatic rings. The molecule has 0 amide bonds. The first-order valence-corrected chi connectivity index (χ1v) is 11.0. The van der Waals surface area contributed by atoms with Gasteiger partial charge in [0.15, 0.2) is 0 Å². The smallest absolute Gasteiger partial charge is 0.283 e. The molecule has 0 atom stereocenters. The number of hydrogen-bond acceptors (Lipinski definition) is 5. The molecule has 8 heteroatoms. The van der Waals surface area contributed by atoms with E-state index in [-0.39, 0.29) is 10.7 Å². The molecule has 0 saturated carbocycles. The number of halogens is 1. The van der Waals surface area contributed by atoms with E-state index >= 15 is 0 Å². The second kappa shape index (κ2) is 9.26. The molecule has 0 unspecified atom stereocenters. The second-order valence-corrected chi connectivity index (χ2v) is 8.57. The van der Waals surface area contributed by atoms with Crippen LogP contribution in [0.2, 0.25) is 5.02 Å². The molecule has 31 heavy (non-hydrogen) atoms. The lowest BCUT2D eigenvalue weighted by Crippen LogP contribution is -2.50. The molecule has 0 radical (unpaired) electrons. The molecule has 1 aromatic heterocycles. The Morgan fingerprint density at radius 3 is 2.13 bits per heavy atom. The summed E-state index contributed by atoms with van der Waals surface area (Å²) in [5.74, 6) is 5.93. The van der Waals surface area contributed by atoms with Crippen molar-refractivity contribution in [3.63, 3.8) is 0 Å². The van der Waals surface area contributed by atoms with Gasteiger partial charge in [-0.3, -0.25) is 4.79 Å². The summed E-state index contributed by atoms with van der Waals surface area (Å²) in [4.78, 5) is 12.3. The van der Waals surface area contributed by atoms with Crippen LogP contribution in [-0.4, -0.2) is 18.8 Å². The van der Waals surface area contributed by atoms with Gasteiger partial charge in [-0.2, -0.15) is 0 Å². The van der Waals surface area contributed by atoms with E-state index in [1.54, 1.807) is 42.5 Å². The number of fused-ring (bicyclic) bond motifs is 1. The van der Waals surface area contributed by atoms with Gasteiger partial charge in [-0.1, -0.05) is 46.1 Å². The Hall–Kier alpha value is -3.26. The Kier molecular flexibility index (Phi) is 6.70. The number of nitrogens with zero attached hydrogens (tertiary/aromatic N) is 1. The van der Waals surface area contributed by atoms with Crippen molar-refractivity contribution < 1.29 is 22.4 Å². The molecular weight excluding hydrogens is 436 g/mol. The number of aromatic nitrogens is 1. The highest BCUT2D eigenvalue weighted by molar-refractivity contribution is 7.85. The van der Waals surface area contributed by atoms with Crippen LogP contribution in [0.1, 0.15) is 21.6 Å². The third-order valence-electron chi connectivity index (χ3n) is 4.53. The van der Waals surface area contributed by atoms with Crippen LogP contribution in [-0.2, 0) is 10.1 Å². The maximum absolute atomic E-state index is 12.5. The number of benzene rings is 3. The number of aryl methyl sites for hydroxylation is 1. The fraction of sp³-hybridized carbons (Fsp3) is 0.0435. The van der Waals surface area contributed by atoms with Gasteiger partial charge >= 0.3 is 0 Å². The topological polar surface area (TPSA) is 104 Å². The lowest BCUT2D eigenvalue weighted by molar-refractivity contribution is -0.613. The van der Waals surface area contributed by atoms with Crippen LogP contribution in [0.3, 0.4) is 0 Å². The van der Waals surface area contributed by atoms with Crippen LogP contribution in [0.4, 0.5) is 0 Å². The third kappa shape index (κ3) is 5.46. The second-order valence-electron chi connectivity index (χ2n) is 6.75. The molecule has 1 heterocycles. The van der Waals surface area contributed by atoms with Crippen molar-refractivity contribution in [3.8, 4) is 0 Å². The summed E-state index contributed by atoms with van der Waals surface area (Å²) < 4.78 is 32.6. The molecule has 0 aliphatic carbocycles. The predicted octanol–water partition coefficient (Wildman–Crippen LogP) is 3.62. The van der Waals surface area contributed by atoms with Crippen molar-refractivity contribution in [2.75, 3.05) is 5.84 Å². The molecule has 3 aromatic carbocycles. The Morgan fingerprint density at radius 2 is 1.52 bits per heavy atom. The monoisotopic (exact) mass is 454 g/mol. The van der Waals surface area contributed by atoms with Crippen molar-refractivity contribution in [2.45, 2.75) is 11.8 Å². The molecule has 0 aliphatic heterocycles. The minimum Gasteiger partial charge on any atom is -0.744 e. The number of nitrogen functional groups attached to an aromatic ring is 1. The average Bonchev–Trinajstić information content (AvgIpc) is 2.74. The highest BCUT2D eigenvalue weighted by Gasteiger charge is 2.21. The molecule has 2 N–H and O–H groups in total. The van der Waals surface area contributed by atoms with Crippen LogP contribution >= 0.6 is 11.6 Å². The number of nitrogens with two attached hydrogens (primary N) is 1. The van der Waals surface area contributed by atoms with Crippen LogP contribution in [0.5, 0.6) is 0 Å². The minimum atomic E-state index is -4.27. The standard InChI is InChI=1S/C16H11ClN2O.C7H8O3S/c17-13-8-5-12(6-9-13)16(20)15-10-7-11-3-1-2-4-14(11)19(15)18;1-6-2-4-7(5-3-6)11(8,9)10/h1-10H,(H-,18,20);2-5H,1H3,(H,8,9,10). The Balaban J connectivity index is 0.000000210. The number of hydrogen-bond donors (Lipinski definition) is 1. The van der Waals surface area contributed by atoms with Crippen LogP contribution in [0, 0.1) is 6.92 Å². The zero-order valence-electron chi connectivity index (χ0n) is 16.5. The maximum Gasteiger partial charge on any atom is 0.283 e. The van der Waals surface area contributed by atoms with Gasteiger partial charge < -0.3 is 4.55 Å². The first kappa shape index (κ1) is 22.4. The lowest BCUT2D eigenvalue weighted by atomic mass is 10.1. The van der Waals surface area contributed by atoms with Gasteiger partial charge in [0, 0.05) is 28.1 Å². The van der Waals surface area contributed by atoms with Crippen LogP contribution < -0.4 is 10.5 Å².